The SMILES string of the molecule is O=[N+]([O-])c1cc(N[C@@H]2O[C@@H](CO)[C@H](O)[C@@H](O)[C@H]2O)ccc1Cl. The van der Waals surface area contributed by atoms with E-state index in [0.29, 0.717) is 0 Å². The van der Waals surface area contributed by atoms with E-state index >= 15 is 0 Å². The van der Waals surface area contributed by atoms with E-state index in [1.165, 1.54) is 12.1 Å². The molecule has 0 aromatic heterocycles. The summed E-state index contributed by atoms with van der Waals surface area (Å²) < 4.78 is 5.24. The predicted molar refractivity (Wildman–Crippen MR) is 75.5 cm³/mol. The van der Waals surface area contributed by atoms with Crippen LogP contribution in [-0.4, -0.2) is 62.6 Å². The molecule has 5 atom stereocenters. The summed E-state index contributed by atoms with van der Waals surface area (Å²) in [7, 11) is 0. The monoisotopic (exact) mass is 334 g/mol. The number of hydrogen-bond acceptors (Lipinski definition) is 8. The average Bonchev–Trinajstić information content (AvgIpc) is 2.49. The number of nitro groups is 1. The van der Waals surface area contributed by atoms with E-state index in [9.17, 15) is 25.4 Å². The van der Waals surface area contributed by atoms with Crippen molar-refractivity contribution < 1.29 is 30.1 Å². The molecule has 1 saturated heterocycles. The number of ether oxygens (including phenoxy) is 1. The summed E-state index contributed by atoms with van der Waals surface area (Å²) in [5.74, 6) is 0. The first kappa shape index (κ1) is 16.9. The van der Waals surface area contributed by atoms with Gasteiger partial charge in [0.1, 0.15) is 29.4 Å². The molecule has 0 unspecified atom stereocenters. The second kappa shape index (κ2) is 6.73. The minimum atomic E-state index is -1.54. The number of halogens is 1. The molecular weight excluding hydrogens is 320 g/mol. The maximum atomic E-state index is 10.8. The Labute approximate surface area is 129 Å². The molecule has 122 valence electrons. The van der Waals surface area contributed by atoms with E-state index in [1.807, 2.05) is 0 Å². The Morgan fingerprint density at radius 3 is 2.55 bits per heavy atom. The standard InChI is InChI=1S/C12H15ClN2O7/c13-6-2-1-5(3-7(6)15(20)21)14-12-11(19)10(18)9(17)8(4-16)22-12/h1-3,8-12,14,16-19H,4H2/t8-,9-,10+,11+,12+/m0/s1. The number of nitro benzene ring substituents is 1. The molecule has 0 saturated carbocycles. The number of nitrogens with zero attached hydrogens (tertiary/aromatic N) is 1. The molecule has 5 N–H and O–H groups in total. The fourth-order valence-electron chi connectivity index (χ4n) is 2.13. The van der Waals surface area contributed by atoms with Crippen molar-refractivity contribution in [1.82, 2.24) is 0 Å². The van der Waals surface area contributed by atoms with E-state index in [4.69, 9.17) is 21.4 Å². The number of anilines is 1. The van der Waals surface area contributed by atoms with Crippen molar-refractivity contribution in [3.8, 4) is 0 Å². The van der Waals surface area contributed by atoms with Gasteiger partial charge in [-0.2, -0.15) is 0 Å². The first-order valence-corrected chi connectivity index (χ1v) is 6.74. The lowest BCUT2D eigenvalue weighted by molar-refractivity contribution is -0.384. The van der Waals surface area contributed by atoms with Gasteiger partial charge in [-0.05, 0) is 12.1 Å². The zero-order valence-corrected chi connectivity index (χ0v) is 11.9. The van der Waals surface area contributed by atoms with Crippen LogP contribution in [0, 0.1) is 10.1 Å². The zero-order valence-electron chi connectivity index (χ0n) is 11.2. The summed E-state index contributed by atoms with van der Waals surface area (Å²) >= 11 is 5.69. The van der Waals surface area contributed by atoms with E-state index in [1.54, 1.807) is 0 Å². The molecule has 1 aromatic rings. The highest BCUT2D eigenvalue weighted by molar-refractivity contribution is 6.32. The molecule has 0 spiro atoms. The largest absolute Gasteiger partial charge is 0.394 e. The number of aliphatic hydroxyl groups is 4. The maximum absolute atomic E-state index is 10.8. The first-order valence-electron chi connectivity index (χ1n) is 6.36. The van der Waals surface area contributed by atoms with Gasteiger partial charge in [-0.1, -0.05) is 11.6 Å². The van der Waals surface area contributed by atoms with Crippen molar-refractivity contribution in [3.05, 3.63) is 33.3 Å². The quantitative estimate of drug-likeness (QED) is 0.364. The van der Waals surface area contributed by atoms with Crippen LogP contribution in [0.4, 0.5) is 11.4 Å². The Morgan fingerprint density at radius 2 is 1.95 bits per heavy atom. The molecule has 0 amide bonds. The first-order chi connectivity index (χ1) is 10.3. The molecule has 1 aliphatic heterocycles. The molecule has 10 heteroatoms. The lowest BCUT2D eigenvalue weighted by Gasteiger charge is -2.40. The van der Waals surface area contributed by atoms with Gasteiger partial charge < -0.3 is 30.5 Å². The smallest absolute Gasteiger partial charge is 0.289 e. The van der Waals surface area contributed by atoms with Gasteiger partial charge >= 0.3 is 0 Å². The third kappa shape index (κ3) is 3.29. The molecule has 1 aliphatic rings. The summed E-state index contributed by atoms with van der Waals surface area (Å²) in [5, 5.41) is 51.7. The Balaban J connectivity index is 2.19. The van der Waals surface area contributed by atoms with Crippen molar-refractivity contribution in [3.63, 3.8) is 0 Å². The second-order valence-electron chi connectivity index (χ2n) is 4.82. The van der Waals surface area contributed by atoms with Gasteiger partial charge in [0.15, 0.2) is 6.23 Å². The molecule has 1 aromatic carbocycles. The summed E-state index contributed by atoms with van der Waals surface area (Å²) in [6.45, 7) is -0.566. The average molecular weight is 335 g/mol. The number of aliphatic hydroxyl groups excluding tert-OH is 4. The van der Waals surface area contributed by atoms with Crippen molar-refractivity contribution in [2.24, 2.45) is 0 Å². The van der Waals surface area contributed by atoms with Crippen LogP contribution in [0.25, 0.3) is 0 Å². The minimum absolute atomic E-state index is 0.0515. The van der Waals surface area contributed by atoms with Gasteiger partial charge in [0, 0.05) is 11.8 Å². The maximum Gasteiger partial charge on any atom is 0.289 e. The van der Waals surface area contributed by atoms with E-state index in [-0.39, 0.29) is 16.4 Å². The van der Waals surface area contributed by atoms with Crippen LogP contribution in [0.1, 0.15) is 0 Å². The van der Waals surface area contributed by atoms with Gasteiger partial charge in [0.25, 0.3) is 5.69 Å². The van der Waals surface area contributed by atoms with Crippen molar-refractivity contribution >= 4 is 23.0 Å². The Kier molecular flexibility index (Phi) is 5.16. The van der Waals surface area contributed by atoms with Gasteiger partial charge in [-0.15, -0.1) is 0 Å². The Morgan fingerprint density at radius 1 is 1.27 bits per heavy atom. The van der Waals surface area contributed by atoms with E-state index in [0.717, 1.165) is 6.07 Å². The molecule has 0 radical (unpaired) electrons. The molecule has 9 nitrogen and oxygen atoms in total. The molecule has 0 bridgehead atoms. The van der Waals surface area contributed by atoms with Gasteiger partial charge in [0.05, 0.1) is 11.5 Å². The zero-order chi connectivity index (χ0) is 16.4. The fourth-order valence-corrected chi connectivity index (χ4v) is 2.31. The Bertz CT molecular complexity index is 556. The summed E-state index contributed by atoms with van der Waals surface area (Å²) in [6.07, 6.45) is -6.75. The number of rotatable bonds is 4. The molecule has 1 heterocycles. The van der Waals surface area contributed by atoms with Gasteiger partial charge in [0.2, 0.25) is 0 Å². The number of hydrogen-bond donors (Lipinski definition) is 5. The second-order valence-corrected chi connectivity index (χ2v) is 5.22. The molecule has 2 rings (SSSR count). The molecule has 0 aliphatic carbocycles. The lowest BCUT2D eigenvalue weighted by Crippen LogP contribution is -2.60. The number of nitrogens with one attached hydrogen (secondary N) is 1. The normalized spacial score (nSPS) is 31.8. The number of benzene rings is 1. The highest BCUT2D eigenvalue weighted by atomic mass is 35.5. The molecule has 22 heavy (non-hydrogen) atoms. The third-order valence-electron chi connectivity index (χ3n) is 3.34. The van der Waals surface area contributed by atoms with Crippen LogP contribution in [0.3, 0.4) is 0 Å². The lowest BCUT2D eigenvalue weighted by atomic mass is 9.98. The fraction of sp³-hybridized carbons (Fsp3) is 0.500. The predicted octanol–water partition coefficient (Wildman–Crippen LogP) is -0.540. The van der Waals surface area contributed by atoms with Crippen molar-refractivity contribution in [2.75, 3.05) is 11.9 Å². The van der Waals surface area contributed by atoms with E-state index in [2.05, 4.69) is 5.32 Å². The van der Waals surface area contributed by atoms with Crippen LogP contribution in [0.2, 0.25) is 5.02 Å². The summed E-state index contributed by atoms with van der Waals surface area (Å²) in [5.41, 5.74) is -0.114. The van der Waals surface area contributed by atoms with Gasteiger partial charge in [-0.25, -0.2) is 0 Å². The minimum Gasteiger partial charge on any atom is -0.394 e. The molecule has 1 fully saturated rings. The van der Waals surface area contributed by atoms with Crippen LogP contribution in [0.5, 0.6) is 0 Å². The van der Waals surface area contributed by atoms with Crippen LogP contribution >= 0.6 is 11.6 Å². The van der Waals surface area contributed by atoms with E-state index < -0.39 is 42.2 Å². The highest BCUT2D eigenvalue weighted by Gasteiger charge is 2.43. The Hall–Kier alpha value is -1.49. The highest BCUT2D eigenvalue weighted by Crippen LogP contribution is 2.29. The molecular formula is C12H15ClN2O7. The van der Waals surface area contributed by atoms with Crippen LogP contribution in [0.15, 0.2) is 18.2 Å². The van der Waals surface area contributed by atoms with Crippen molar-refractivity contribution in [1.29, 1.82) is 0 Å². The van der Waals surface area contributed by atoms with Crippen LogP contribution < -0.4 is 5.32 Å². The summed E-state index contributed by atoms with van der Waals surface area (Å²) in [6, 6.07) is 3.87. The third-order valence-corrected chi connectivity index (χ3v) is 3.66. The summed E-state index contributed by atoms with van der Waals surface area (Å²) in [4.78, 5) is 10.2. The van der Waals surface area contributed by atoms with Crippen LogP contribution in [-0.2, 0) is 4.74 Å². The topological polar surface area (TPSA) is 145 Å². The van der Waals surface area contributed by atoms with Crippen molar-refractivity contribution in [2.45, 2.75) is 30.6 Å². The van der Waals surface area contributed by atoms with Gasteiger partial charge in [-0.3, -0.25) is 10.1 Å².